The van der Waals surface area contributed by atoms with Crippen LogP contribution in [0.15, 0.2) is 24.3 Å². The first-order valence-electron chi connectivity index (χ1n) is 12.8. The molecule has 2 amide bonds. The molecule has 0 bridgehead atoms. The van der Waals surface area contributed by atoms with E-state index in [0.29, 0.717) is 42.0 Å². The van der Waals surface area contributed by atoms with Crippen LogP contribution in [0.3, 0.4) is 0 Å². The largest absolute Gasteiger partial charge is 0.338 e. The molecule has 5 heteroatoms. The van der Waals surface area contributed by atoms with Gasteiger partial charge in [0.25, 0.3) is 0 Å². The highest BCUT2D eigenvalue weighted by atomic mass is 16.2. The lowest BCUT2D eigenvalue weighted by atomic mass is 9.47. The number of nitrogens with zero attached hydrogens (tertiary/aromatic N) is 2. The molecule has 0 saturated heterocycles. The van der Waals surface area contributed by atoms with Crippen molar-refractivity contribution in [3.63, 3.8) is 0 Å². The lowest BCUT2D eigenvalue weighted by Gasteiger charge is -2.60. The summed E-state index contributed by atoms with van der Waals surface area (Å²) in [5.74, 6) is 3.39. The van der Waals surface area contributed by atoms with Crippen molar-refractivity contribution in [1.29, 1.82) is 0 Å². The number of fused-ring (bicyclic) bond motifs is 5. The molecule has 3 fully saturated rings. The molecular formula is C28H39N3O2. The first-order chi connectivity index (χ1) is 15.6. The van der Waals surface area contributed by atoms with E-state index >= 15 is 0 Å². The average Bonchev–Trinajstić information content (AvgIpc) is 3.06. The average molecular weight is 450 g/mol. The maximum atomic E-state index is 13.0. The van der Waals surface area contributed by atoms with Crippen LogP contribution in [0.1, 0.15) is 70.1 Å². The van der Waals surface area contributed by atoms with E-state index in [1.165, 1.54) is 25.7 Å². The Hall–Kier alpha value is -2.17. The Morgan fingerprint density at radius 3 is 2.67 bits per heavy atom. The van der Waals surface area contributed by atoms with E-state index in [2.05, 4.69) is 30.2 Å². The SMILES string of the molecule is Cc1cc(C)nc(NC(=O)C[C@H]2CCC3C4CCC5N(C)C(=O)C=C[C@]5(C)C4CC[C@@]32C)c1. The highest BCUT2D eigenvalue weighted by molar-refractivity contribution is 5.90. The minimum absolute atomic E-state index is 0.0804. The topological polar surface area (TPSA) is 62.3 Å². The van der Waals surface area contributed by atoms with Crippen LogP contribution in [0.4, 0.5) is 5.82 Å². The van der Waals surface area contributed by atoms with Crippen LogP contribution < -0.4 is 5.32 Å². The quantitative estimate of drug-likeness (QED) is 0.683. The third-order valence-electron chi connectivity index (χ3n) is 10.1. The number of rotatable bonds is 3. The molecular weight excluding hydrogens is 410 g/mol. The van der Waals surface area contributed by atoms with Crippen molar-refractivity contribution in [2.24, 2.45) is 34.5 Å². The second-order valence-electron chi connectivity index (χ2n) is 11.9. The fraction of sp³-hybridized carbons (Fsp3) is 0.679. The second-order valence-corrected chi connectivity index (χ2v) is 11.9. The van der Waals surface area contributed by atoms with E-state index in [9.17, 15) is 9.59 Å². The predicted molar refractivity (Wildman–Crippen MR) is 131 cm³/mol. The molecule has 1 aromatic rings. The van der Waals surface area contributed by atoms with Crippen molar-refractivity contribution >= 4 is 17.6 Å². The number of aromatic nitrogens is 1. The lowest BCUT2D eigenvalue weighted by molar-refractivity contribution is -0.139. The molecule has 4 aliphatic rings. The summed E-state index contributed by atoms with van der Waals surface area (Å²) >= 11 is 0. The monoisotopic (exact) mass is 449 g/mol. The first kappa shape index (κ1) is 22.6. The molecule has 0 spiro atoms. The van der Waals surface area contributed by atoms with Gasteiger partial charge in [0, 0.05) is 30.6 Å². The second kappa shape index (κ2) is 7.95. The van der Waals surface area contributed by atoms with E-state index in [-0.39, 0.29) is 22.6 Å². The molecule has 1 aromatic heterocycles. The smallest absolute Gasteiger partial charge is 0.246 e. The minimum atomic E-state index is 0.0804. The third kappa shape index (κ3) is 3.63. The lowest BCUT2D eigenvalue weighted by Crippen LogP contribution is -2.59. The van der Waals surface area contributed by atoms with Gasteiger partial charge in [-0.2, -0.15) is 0 Å². The first-order valence-corrected chi connectivity index (χ1v) is 12.8. The van der Waals surface area contributed by atoms with Crippen molar-refractivity contribution in [2.45, 2.75) is 78.7 Å². The summed E-state index contributed by atoms with van der Waals surface area (Å²) in [6.07, 6.45) is 11.7. The zero-order valence-electron chi connectivity index (χ0n) is 20.9. The minimum Gasteiger partial charge on any atom is -0.338 e. The summed E-state index contributed by atoms with van der Waals surface area (Å²) in [4.78, 5) is 31.8. The summed E-state index contributed by atoms with van der Waals surface area (Å²) < 4.78 is 0. The van der Waals surface area contributed by atoms with Gasteiger partial charge >= 0.3 is 0 Å². The number of carbonyl (C=O) groups is 2. The number of nitrogens with one attached hydrogen (secondary N) is 1. The fourth-order valence-electron chi connectivity index (χ4n) is 8.51. The van der Waals surface area contributed by atoms with Crippen molar-refractivity contribution in [3.8, 4) is 0 Å². The fourth-order valence-corrected chi connectivity index (χ4v) is 8.51. The Bertz CT molecular complexity index is 983. The van der Waals surface area contributed by atoms with Crippen molar-refractivity contribution < 1.29 is 9.59 Å². The molecule has 0 radical (unpaired) electrons. The summed E-state index contributed by atoms with van der Waals surface area (Å²) in [6.45, 7) is 8.87. The van der Waals surface area contributed by atoms with Crippen LogP contribution >= 0.6 is 0 Å². The van der Waals surface area contributed by atoms with Crippen molar-refractivity contribution in [3.05, 3.63) is 35.5 Å². The zero-order chi connectivity index (χ0) is 23.5. The van der Waals surface area contributed by atoms with Crippen LogP contribution in [0.2, 0.25) is 0 Å². The molecule has 3 saturated carbocycles. The predicted octanol–water partition coefficient (Wildman–Crippen LogP) is 5.28. The van der Waals surface area contributed by atoms with E-state index in [0.717, 1.165) is 24.1 Å². The molecule has 178 valence electrons. The van der Waals surface area contributed by atoms with Gasteiger partial charge in [-0.15, -0.1) is 0 Å². The zero-order valence-corrected chi connectivity index (χ0v) is 20.9. The number of pyridine rings is 1. The van der Waals surface area contributed by atoms with Gasteiger partial charge < -0.3 is 10.2 Å². The Balaban J connectivity index is 1.31. The van der Waals surface area contributed by atoms with Crippen LogP contribution in [0, 0.1) is 48.3 Å². The molecule has 2 heterocycles. The highest BCUT2D eigenvalue weighted by Crippen LogP contribution is 2.65. The van der Waals surface area contributed by atoms with Crippen LogP contribution in [-0.4, -0.2) is 34.8 Å². The van der Waals surface area contributed by atoms with Gasteiger partial charge in [0.05, 0.1) is 0 Å². The summed E-state index contributed by atoms with van der Waals surface area (Å²) in [6, 6.07) is 4.31. The summed E-state index contributed by atoms with van der Waals surface area (Å²) in [5, 5.41) is 3.08. The molecule has 5 rings (SSSR count). The van der Waals surface area contributed by atoms with Gasteiger partial charge in [0.1, 0.15) is 5.82 Å². The molecule has 33 heavy (non-hydrogen) atoms. The summed E-state index contributed by atoms with van der Waals surface area (Å²) in [7, 11) is 1.98. The van der Waals surface area contributed by atoms with Gasteiger partial charge in [0.2, 0.25) is 11.8 Å². The number of aryl methyl sites for hydroxylation is 2. The van der Waals surface area contributed by atoms with Crippen LogP contribution in [-0.2, 0) is 9.59 Å². The van der Waals surface area contributed by atoms with E-state index < -0.39 is 0 Å². The standard InChI is InChI=1S/C28H39N3O2/c1-17-14-18(2)29-24(15-17)30-25(32)16-19-6-8-21-20-7-9-23-28(4,13-11-26(33)31(23)5)22(20)10-12-27(19,21)3/h11,13-15,19-23H,6-10,12,16H2,1-5H3,(H,29,30,32)/t19-,20?,21?,22?,23?,27-,28-/m1/s1. The number of hydrogen-bond donors (Lipinski definition) is 1. The van der Waals surface area contributed by atoms with Gasteiger partial charge in [-0.3, -0.25) is 9.59 Å². The summed E-state index contributed by atoms with van der Waals surface area (Å²) in [5.41, 5.74) is 2.37. The highest BCUT2D eigenvalue weighted by Gasteiger charge is 2.60. The number of carbonyl (C=O) groups excluding carboxylic acids is 2. The Labute approximate surface area is 198 Å². The maximum Gasteiger partial charge on any atom is 0.246 e. The van der Waals surface area contributed by atoms with Gasteiger partial charge in [-0.25, -0.2) is 4.98 Å². The molecule has 4 unspecified atom stereocenters. The Kier molecular flexibility index (Phi) is 5.45. The molecule has 7 atom stereocenters. The van der Waals surface area contributed by atoms with Gasteiger partial charge in [0.15, 0.2) is 0 Å². The normalized spacial score (nSPS) is 39.6. The van der Waals surface area contributed by atoms with E-state index in [1.54, 1.807) is 0 Å². The Morgan fingerprint density at radius 1 is 1.12 bits per heavy atom. The van der Waals surface area contributed by atoms with Crippen molar-refractivity contribution in [1.82, 2.24) is 9.88 Å². The Morgan fingerprint density at radius 2 is 1.91 bits per heavy atom. The molecule has 1 aliphatic heterocycles. The van der Waals surface area contributed by atoms with Gasteiger partial charge in [-0.05, 0) is 105 Å². The number of anilines is 1. The third-order valence-corrected chi connectivity index (χ3v) is 10.1. The van der Waals surface area contributed by atoms with Crippen molar-refractivity contribution in [2.75, 3.05) is 12.4 Å². The molecule has 5 nitrogen and oxygen atoms in total. The maximum absolute atomic E-state index is 13.0. The van der Waals surface area contributed by atoms with E-state index in [1.807, 2.05) is 44.0 Å². The molecule has 1 N–H and O–H groups in total. The van der Waals surface area contributed by atoms with Gasteiger partial charge in [-0.1, -0.05) is 19.9 Å². The number of likely N-dealkylation sites (N-methyl/N-ethyl adjacent to an activating group) is 1. The van der Waals surface area contributed by atoms with Crippen LogP contribution in [0.5, 0.6) is 0 Å². The van der Waals surface area contributed by atoms with E-state index in [4.69, 9.17) is 0 Å². The molecule has 0 aromatic carbocycles. The van der Waals surface area contributed by atoms with Crippen LogP contribution in [0.25, 0.3) is 0 Å². The molecule has 3 aliphatic carbocycles. The number of hydrogen-bond acceptors (Lipinski definition) is 3. The number of amides is 2.